The van der Waals surface area contributed by atoms with Crippen molar-refractivity contribution in [3.05, 3.63) is 0 Å². The fourth-order valence-electron chi connectivity index (χ4n) is 1.18. The average Bonchev–Trinajstić information content (AvgIpc) is 2.23. The lowest BCUT2D eigenvalue weighted by Gasteiger charge is -2.08. The SMILES string of the molecule is CC(C)OC(=O)CCCCC(=O)OC(C)C.CCO. The highest BCUT2D eigenvalue weighted by atomic mass is 16.5. The first-order valence-electron chi connectivity index (χ1n) is 6.83. The van der Waals surface area contributed by atoms with E-state index in [0.717, 1.165) is 0 Å². The van der Waals surface area contributed by atoms with Crippen molar-refractivity contribution in [1.82, 2.24) is 0 Å². The molecule has 0 aliphatic rings. The summed E-state index contributed by atoms with van der Waals surface area (Å²) in [5.74, 6) is -0.403. The molecule has 0 aromatic heterocycles. The van der Waals surface area contributed by atoms with Gasteiger partial charge in [0.2, 0.25) is 0 Å². The molecule has 19 heavy (non-hydrogen) atoms. The van der Waals surface area contributed by atoms with Crippen LogP contribution in [-0.2, 0) is 19.1 Å². The molecule has 0 amide bonds. The smallest absolute Gasteiger partial charge is 0.306 e. The summed E-state index contributed by atoms with van der Waals surface area (Å²) in [6, 6.07) is 0. The minimum absolute atomic E-state index is 0.0709. The first-order valence-corrected chi connectivity index (χ1v) is 6.83. The number of carbonyl (C=O) groups excluding carboxylic acids is 2. The molecule has 0 aromatic carbocycles. The van der Waals surface area contributed by atoms with Crippen molar-refractivity contribution < 1.29 is 24.2 Å². The number of ether oxygens (including phenoxy) is 2. The minimum atomic E-state index is -0.202. The van der Waals surface area contributed by atoms with Crippen LogP contribution in [0.25, 0.3) is 0 Å². The van der Waals surface area contributed by atoms with Gasteiger partial charge in [0.15, 0.2) is 0 Å². The van der Waals surface area contributed by atoms with E-state index in [1.165, 1.54) is 0 Å². The lowest BCUT2D eigenvalue weighted by atomic mass is 10.2. The molecule has 0 spiro atoms. The largest absolute Gasteiger partial charge is 0.463 e. The first-order chi connectivity index (χ1) is 8.83. The Labute approximate surface area is 116 Å². The fraction of sp³-hybridized carbons (Fsp3) is 0.857. The number of hydrogen-bond donors (Lipinski definition) is 1. The fourth-order valence-corrected chi connectivity index (χ4v) is 1.18. The molecule has 0 bridgehead atoms. The monoisotopic (exact) mass is 276 g/mol. The predicted octanol–water partition coefficient (Wildman–Crippen LogP) is 2.45. The summed E-state index contributed by atoms with van der Waals surface area (Å²) in [5.41, 5.74) is 0. The summed E-state index contributed by atoms with van der Waals surface area (Å²) in [6.45, 7) is 9.20. The van der Waals surface area contributed by atoms with Crippen molar-refractivity contribution >= 4 is 11.9 Å². The van der Waals surface area contributed by atoms with Crippen LogP contribution in [0, 0.1) is 0 Å². The number of aliphatic hydroxyl groups is 1. The van der Waals surface area contributed by atoms with E-state index in [1.807, 2.05) is 27.7 Å². The third-order valence-electron chi connectivity index (χ3n) is 1.75. The third kappa shape index (κ3) is 19.4. The third-order valence-corrected chi connectivity index (χ3v) is 1.75. The van der Waals surface area contributed by atoms with Crippen LogP contribution >= 0.6 is 0 Å². The standard InChI is InChI=1S/C12H22O4.C2H6O/c1-9(2)15-11(13)7-5-6-8-12(14)16-10(3)4;1-2-3/h9-10H,5-8H2,1-4H3;3H,2H2,1H3. The molecule has 0 aromatic rings. The minimum Gasteiger partial charge on any atom is -0.463 e. The van der Waals surface area contributed by atoms with Gasteiger partial charge in [-0.2, -0.15) is 0 Å². The number of carbonyl (C=O) groups is 2. The van der Waals surface area contributed by atoms with Crippen LogP contribution in [0.2, 0.25) is 0 Å². The second-order valence-corrected chi connectivity index (χ2v) is 4.60. The quantitative estimate of drug-likeness (QED) is 0.571. The van der Waals surface area contributed by atoms with Crippen molar-refractivity contribution in [3.8, 4) is 0 Å². The van der Waals surface area contributed by atoms with Gasteiger partial charge in [-0.25, -0.2) is 0 Å². The van der Waals surface area contributed by atoms with E-state index in [2.05, 4.69) is 0 Å². The molecule has 0 atom stereocenters. The molecule has 0 aliphatic carbocycles. The topological polar surface area (TPSA) is 72.8 Å². The Morgan fingerprint density at radius 2 is 1.16 bits per heavy atom. The number of rotatable bonds is 7. The lowest BCUT2D eigenvalue weighted by Crippen LogP contribution is -2.12. The van der Waals surface area contributed by atoms with Crippen molar-refractivity contribution in [1.29, 1.82) is 0 Å². The molecule has 0 heterocycles. The van der Waals surface area contributed by atoms with Crippen LogP contribution in [0.4, 0.5) is 0 Å². The highest BCUT2D eigenvalue weighted by molar-refractivity contribution is 5.70. The summed E-state index contributed by atoms with van der Waals surface area (Å²) in [5, 5.41) is 7.57. The van der Waals surface area contributed by atoms with Crippen LogP contribution in [-0.4, -0.2) is 35.9 Å². The van der Waals surface area contributed by atoms with Gasteiger partial charge in [0.25, 0.3) is 0 Å². The maximum absolute atomic E-state index is 11.1. The zero-order valence-electron chi connectivity index (χ0n) is 12.8. The van der Waals surface area contributed by atoms with E-state index in [9.17, 15) is 9.59 Å². The molecule has 0 aliphatic heterocycles. The molecular weight excluding hydrogens is 248 g/mol. The van der Waals surface area contributed by atoms with Gasteiger partial charge in [-0.3, -0.25) is 9.59 Å². The van der Waals surface area contributed by atoms with Gasteiger partial charge >= 0.3 is 11.9 Å². The number of esters is 2. The highest BCUT2D eigenvalue weighted by Gasteiger charge is 2.08. The zero-order chi connectivity index (χ0) is 15.3. The zero-order valence-corrected chi connectivity index (χ0v) is 12.8. The summed E-state index contributed by atoms with van der Waals surface area (Å²) in [7, 11) is 0. The maximum atomic E-state index is 11.1. The van der Waals surface area contributed by atoms with Gasteiger partial charge in [0, 0.05) is 19.4 Å². The first kappa shape index (κ1) is 20.2. The van der Waals surface area contributed by atoms with Crippen LogP contribution in [0.15, 0.2) is 0 Å². The molecule has 0 fully saturated rings. The van der Waals surface area contributed by atoms with Crippen molar-refractivity contribution in [3.63, 3.8) is 0 Å². The normalized spacial score (nSPS) is 9.89. The van der Waals surface area contributed by atoms with Crippen molar-refractivity contribution in [2.45, 2.75) is 72.5 Å². The number of unbranched alkanes of at least 4 members (excludes halogenated alkanes) is 1. The molecule has 5 nitrogen and oxygen atoms in total. The molecule has 1 N–H and O–H groups in total. The van der Waals surface area contributed by atoms with Crippen molar-refractivity contribution in [2.75, 3.05) is 6.61 Å². The second kappa shape index (κ2) is 13.3. The van der Waals surface area contributed by atoms with Crippen molar-refractivity contribution in [2.24, 2.45) is 0 Å². The Morgan fingerprint density at radius 3 is 1.37 bits per heavy atom. The Kier molecular flexibility index (Phi) is 14.2. The predicted molar refractivity (Wildman–Crippen MR) is 73.7 cm³/mol. The van der Waals surface area contributed by atoms with E-state index >= 15 is 0 Å². The molecule has 5 heteroatoms. The van der Waals surface area contributed by atoms with Crippen LogP contribution in [0.1, 0.15) is 60.3 Å². The van der Waals surface area contributed by atoms with Crippen LogP contribution in [0.3, 0.4) is 0 Å². The Morgan fingerprint density at radius 1 is 0.895 bits per heavy atom. The van der Waals surface area contributed by atoms with Gasteiger partial charge in [0.05, 0.1) is 12.2 Å². The Balaban J connectivity index is 0. The molecule has 0 radical (unpaired) electrons. The molecule has 0 unspecified atom stereocenters. The molecular formula is C14H28O5. The lowest BCUT2D eigenvalue weighted by molar-refractivity contribution is -0.149. The van der Waals surface area contributed by atoms with Gasteiger partial charge in [-0.05, 0) is 47.5 Å². The van der Waals surface area contributed by atoms with Gasteiger partial charge in [-0.1, -0.05) is 0 Å². The van der Waals surface area contributed by atoms with E-state index in [-0.39, 0.29) is 30.8 Å². The van der Waals surface area contributed by atoms with Crippen LogP contribution < -0.4 is 0 Å². The number of hydrogen-bond acceptors (Lipinski definition) is 5. The molecule has 0 saturated heterocycles. The molecule has 0 rings (SSSR count). The van der Waals surface area contributed by atoms with E-state index < -0.39 is 0 Å². The van der Waals surface area contributed by atoms with Crippen LogP contribution in [0.5, 0.6) is 0 Å². The Bertz CT molecular complexity index is 212. The second-order valence-electron chi connectivity index (χ2n) is 4.60. The Hall–Kier alpha value is -1.10. The average molecular weight is 276 g/mol. The molecule has 0 saturated carbocycles. The van der Waals surface area contributed by atoms with E-state index in [4.69, 9.17) is 14.6 Å². The van der Waals surface area contributed by atoms with E-state index in [1.54, 1.807) is 6.92 Å². The summed E-state index contributed by atoms with van der Waals surface area (Å²) in [4.78, 5) is 22.3. The summed E-state index contributed by atoms with van der Waals surface area (Å²) in [6.07, 6.45) is 1.93. The molecule has 114 valence electrons. The van der Waals surface area contributed by atoms with Gasteiger partial charge in [-0.15, -0.1) is 0 Å². The highest BCUT2D eigenvalue weighted by Crippen LogP contribution is 2.05. The number of aliphatic hydroxyl groups excluding tert-OH is 1. The summed E-state index contributed by atoms with van der Waals surface area (Å²) >= 11 is 0. The maximum Gasteiger partial charge on any atom is 0.306 e. The van der Waals surface area contributed by atoms with E-state index in [0.29, 0.717) is 25.7 Å². The van der Waals surface area contributed by atoms with Gasteiger partial charge in [0.1, 0.15) is 0 Å². The summed E-state index contributed by atoms with van der Waals surface area (Å²) < 4.78 is 9.93. The van der Waals surface area contributed by atoms with Gasteiger partial charge < -0.3 is 14.6 Å².